The molecule has 4 fully saturated rings. The lowest BCUT2D eigenvalue weighted by Crippen LogP contribution is -2.61. The van der Waals surface area contributed by atoms with E-state index in [-0.39, 0.29) is 23.9 Å². The van der Waals surface area contributed by atoms with Gasteiger partial charge in [0.2, 0.25) is 5.91 Å². The van der Waals surface area contributed by atoms with Gasteiger partial charge in [-0.1, -0.05) is 18.2 Å². The Balaban J connectivity index is 1.33. The largest absolute Gasteiger partial charge is 0.349 e. The fourth-order valence-corrected chi connectivity index (χ4v) is 5.46. The standard InChI is InChI=1S/C19H24N2O2/c22-17(12-20-18(23)16-4-2-1-3-5-16)21-19-9-13-6-14(10-19)8-15(7-13)11-19/h1-5,13-15H,6-12H2,(H,20,23)(H,21,22). The number of carbonyl (C=O) groups is 2. The number of amides is 2. The van der Waals surface area contributed by atoms with Gasteiger partial charge in [-0.15, -0.1) is 0 Å². The third-order valence-corrected chi connectivity index (χ3v) is 5.89. The van der Waals surface area contributed by atoms with Gasteiger partial charge in [0.15, 0.2) is 0 Å². The number of hydrogen-bond donors (Lipinski definition) is 2. The van der Waals surface area contributed by atoms with Gasteiger partial charge in [0.1, 0.15) is 0 Å². The van der Waals surface area contributed by atoms with E-state index in [2.05, 4.69) is 10.6 Å². The van der Waals surface area contributed by atoms with E-state index in [4.69, 9.17) is 0 Å². The van der Waals surface area contributed by atoms with Crippen molar-refractivity contribution in [3.8, 4) is 0 Å². The summed E-state index contributed by atoms with van der Waals surface area (Å²) in [6.45, 7) is 0.0650. The topological polar surface area (TPSA) is 58.2 Å². The first-order valence-electron chi connectivity index (χ1n) is 8.76. The van der Waals surface area contributed by atoms with Crippen molar-refractivity contribution in [3.63, 3.8) is 0 Å². The molecule has 0 unspecified atom stereocenters. The second-order valence-electron chi connectivity index (χ2n) is 7.79. The molecule has 0 spiro atoms. The van der Waals surface area contributed by atoms with Crippen molar-refractivity contribution >= 4 is 11.8 Å². The molecule has 0 atom stereocenters. The lowest BCUT2D eigenvalue weighted by molar-refractivity contribution is -0.125. The predicted molar refractivity (Wildman–Crippen MR) is 87.8 cm³/mol. The van der Waals surface area contributed by atoms with Crippen LogP contribution in [-0.2, 0) is 4.79 Å². The normalized spacial score (nSPS) is 34.2. The van der Waals surface area contributed by atoms with Crippen LogP contribution in [0, 0.1) is 17.8 Å². The van der Waals surface area contributed by atoms with E-state index in [1.165, 1.54) is 19.3 Å². The maximum Gasteiger partial charge on any atom is 0.251 e. The van der Waals surface area contributed by atoms with Crippen LogP contribution in [0.15, 0.2) is 30.3 Å². The maximum absolute atomic E-state index is 12.3. The minimum atomic E-state index is -0.189. The van der Waals surface area contributed by atoms with Gasteiger partial charge in [-0.25, -0.2) is 0 Å². The maximum atomic E-state index is 12.3. The molecule has 1 aromatic rings. The Morgan fingerprint density at radius 1 is 0.957 bits per heavy atom. The molecule has 4 bridgehead atoms. The van der Waals surface area contributed by atoms with E-state index in [9.17, 15) is 9.59 Å². The Morgan fingerprint density at radius 2 is 1.52 bits per heavy atom. The van der Waals surface area contributed by atoms with Crippen molar-refractivity contribution in [2.24, 2.45) is 17.8 Å². The highest BCUT2D eigenvalue weighted by Crippen LogP contribution is 2.55. The summed E-state index contributed by atoms with van der Waals surface area (Å²) in [5.41, 5.74) is 0.610. The molecule has 2 amide bonds. The van der Waals surface area contributed by atoms with Gasteiger partial charge in [0.25, 0.3) is 5.91 Å². The molecule has 5 rings (SSSR count). The summed E-state index contributed by atoms with van der Waals surface area (Å²) < 4.78 is 0. The lowest BCUT2D eigenvalue weighted by Gasteiger charge is -2.56. The fraction of sp³-hybridized carbons (Fsp3) is 0.579. The summed E-state index contributed by atoms with van der Waals surface area (Å²) >= 11 is 0. The number of hydrogen-bond acceptors (Lipinski definition) is 2. The van der Waals surface area contributed by atoms with Crippen LogP contribution in [0.25, 0.3) is 0 Å². The summed E-state index contributed by atoms with van der Waals surface area (Å²) in [5, 5.41) is 6.01. The molecule has 0 radical (unpaired) electrons. The Hall–Kier alpha value is -1.84. The van der Waals surface area contributed by atoms with Crippen molar-refractivity contribution in [2.45, 2.75) is 44.1 Å². The highest BCUT2D eigenvalue weighted by molar-refractivity contribution is 5.96. The van der Waals surface area contributed by atoms with Crippen molar-refractivity contribution in [3.05, 3.63) is 35.9 Å². The van der Waals surface area contributed by atoms with Crippen LogP contribution in [0.4, 0.5) is 0 Å². The summed E-state index contributed by atoms with van der Waals surface area (Å²) in [4.78, 5) is 24.4. The highest BCUT2D eigenvalue weighted by Gasteiger charge is 2.51. The minimum Gasteiger partial charge on any atom is -0.349 e. The minimum absolute atomic E-state index is 0.0172. The Labute approximate surface area is 137 Å². The monoisotopic (exact) mass is 312 g/mol. The second kappa shape index (κ2) is 5.66. The van der Waals surface area contributed by atoms with Crippen LogP contribution >= 0.6 is 0 Å². The van der Waals surface area contributed by atoms with Crippen molar-refractivity contribution < 1.29 is 9.59 Å². The van der Waals surface area contributed by atoms with Crippen LogP contribution in [0.5, 0.6) is 0 Å². The first-order chi connectivity index (χ1) is 11.1. The van der Waals surface area contributed by atoms with Crippen molar-refractivity contribution in [1.29, 1.82) is 0 Å². The predicted octanol–water partition coefficient (Wildman–Crippen LogP) is 2.50. The summed E-state index contributed by atoms with van der Waals surface area (Å²) in [7, 11) is 0. The molecular formula is C19H24N2O2. The van der Waals surface area contributed by atoms with Gasteiger partial charge in [-0.05, 0) is 68.4 Å². The molecule has 0 aliphatic heterocycles. The van der Waals surface area contributed by atoms with E-state index in [1.54, 1.807) is 12.1 Å². The zero-order valence-corrected chi connectivity index (χ0v) is 13.4. The van der Waals surface area contributed by atoms with Crippen LogP contribution in [0.2, 0.25) is 0 Å². The van der Waals surface area contributed by atoms with Gasteiger partial charge in [-0.2, -0.15) is 0 Å². The molecule has 4 aliphatic carbocycles. The van der Waals surface area contributed by atoms with Gasteiger partial charge < -0.3 is 10.6 Å². The molecule has 4 aliphatic rings. The number of benzene rings is 1. The Kier molecular flexibility index (Phi) is 3.63. The highest BCUT2D eigenvalue weighted by atomic mass is 16.2. The molecule has 4 nitrogen and oxygen atoms in total. The zero-order valence-electron chi connectivity index (χ0n) is 13.4. The van der Waals surface area contributed by atoms with Crippen LogP contribution < -0.4 is 10.6 Å². The second-order valence-corrected chi connectivity index (χ2v) is 7.79. The molecule has 0 aromatic heterocycles. The SMILES string of the molecule is O=C(CNC(=O)c1ccccc1)NC12CC3CC(CC(C3)C1)C2. The third-order valence-electron chi connectivity index (χ3n) is 5.89. The van der Waals surface area contributed by atoms with Gasteiger partial charge in [0.05, 0.1) is 6.54 Å². The first-order valence-corrected chi connectivity index (χ1v) is 8.76. The molecule has 4 heteroatoms. The average molecular weight is 312 g/mol. The van der Waals surface area contributed by atoms with E-state index in [1.807, 2.05) is 18.2 Å². The number of nitrogens with one attached hydrogen (secondary N) is 2. The molecule has 1 aromatic carbocycles. The van der Waals surface area contributed by atoms with Gasteiger partial charge in [-0.3, -0.25) is 9.59 Å². The zero-order chi connectivity index (χ0) is 15.9. The van der Waals surface area contributed by atoms with Gasteiger partial charge in [0, 0.05) is 11.1 Å². The van der Waals surface area contributed by atoms with Crippen LogP contribution in [0.3, 0.4) is 0 Å². The lowest BCUT2D eigenvalue weighted by atomic mass is 9.53. The Morgan fingerprint density at radius 3 is 2.09 bits per heavy atom. The molecule has 4 saturated carbocycles. The summed E-state index contributed by atoms with van der Waals surface area (Å²) in [5.74, 6) is 2.18. The quantitative estimate of drug-likeness (QED) is 0.897. The van der Waals surface area contributed by atoms with Crippen molar-refractivity contribution in [2.75, 3.05) is 6.54 Å². The molecular weight excluding hydrogens is 288 g/mol. The van der Waals surface area contributed by atoms with E-state index >= 15 is 0 Å². The molecule has 0 saturated heterocycles. The van der Waals surface area contributed by atoms with Crippen molar-refractivity contribution in [1.82, 2.24) is 10.6 Å². The Bertz CT molecular complexity index is 576. The van der Waals surface area contributed by atoms with Crippen LogP contribution in [-0.4, -0.2) is 23.9 Å². The summed E-state index contributed by atoms with van der Waals surface area (Å²) in [6, 6.07) is 9.03. The average Bonchev–Trinajstić information content (AvgIpc) is 2.51. The smallest absolute Gasteiger partial charge is 0.251 e. The third kappa shape index (κ3) is 2.99. The molecule has 0 heterocycles. The van der Waals surface area contributed by atoms with E-state index in [0.29, 0.717) is 5.56 Å². The van der Waals surface area contributed by atoms with Gasteiger partial charge >= 0.3 is 0 Å². The van der Waals surface area contributed by atoms with E-state index < -0.39 is 0 Å². The fourth-order valence-electron chi connectivity index (χ4n) is 5.46. The summed E-state index contributed by atoms with van der Waals surface area (Å²) in [6.07, 6.45) is 7.49. The molecule has 23 heavy (non-hydrogen) atoms. The number of rotatable bonds is 4. The van der Waals surface area contributed by atoms with E-state index in [0.717, 1.165) is 37.0 Å². The van der Waals surface area contributed by atoms with Crippen LogP contribution in [0.1, 0.15) is 48.9 Å². The molecule has 122 valence electrons. The first kappa shape index (κ1) is 14.7. The number of carbonyl (C=O) groups excluding carboxylic acids is 2. The molecule has 2 N–H and O–H groups in total.